The molecular weight excluding hydrogens is 456 g/mol. The molecule has 0 saturated heterocycles. The number of ether oxygens (including phenoxy) is 2. The molecule has 7 nitrogen and oxygen atoms in total. The van der Waals surface area contributed by atoms with Crippen molar-refractivity contribution in [3.8, 4) is 11.5 Å². The van der Waals surface area contributed by atoms with Gasteiger partial charge in [-0.15, -0.1) is 0 Å². The summed E-state index contributed by atoms with van der Waals surface area (Å²) in [7, 11) is 0. The monoisotopic (exact) mass is 498 g/mol. The molecule has 0 aliphatic rings. The first-order valence-corrected chi connectivity index (χ1v) is 13.2. The number of allylic oxidation sites excluding steroid dienone is 3. The van der Waals surface area contributed by atoms with E-state index in [0.717, 1.165) is 51.4 Å². The van der Waals surface area contributed by atoms with Crippen LogP contribution < -0.4 is 15.0 Å². The fourth-order valence-electron chi connectivity index (χ4n) is 3.97. The molecule has 198 valence electrons. The van der Waals surface area contributed by atoms with Gasteiger partial charge < -0.3 is 14.0 Å². The second-order valence-corrected chi connectivity index (χ2v) is 9.52. The van der Waals surface area contributed by atoms with Crippen LogP contribution in [0.5, 0.6) is 11.5 Å². The lowest BCUT2D eigenvalue weighted by Gasteiger charge is -2.18. The largest absolute Gasteiger partial charge is 0.489 e. The van der Waals surface area contributed by atoms with Crippen LogP contribution >= 0.6 is 0 Å². The first-order chi connectivity index (χ1) is 17.3. The molecular formula is C29H42N2O5. The number of rotatable bonds is 16. The van der Waals surface area contributed by atoms with Gasteiger partial charge in [0.25, 0.3) is 11.2 Å². The van der Waals surface area contributed by atoms with Crippen molar-refractivity contribution in [1.29, 1.82) is 0 Å². The standard InChI is InChI=1S/C29H42N2O5/c1-6-8-10-11-18-30-26-21-24(31(33)34)15-16-25(26)27(35-19-9-7-2)28(29(30)32)36-20-17-23(5)14-12-13-22(3)4/h13,15-17,21H,6-12,14,18-20H2,1-5H3. The molecule has 0 fully saturated rings. The molecule has 0 aliphatic carbocycles. The number of nitrogens with zero attached hydrogens (tertiary/aromatic N) is 2. The maximum absolute atomic E-state index is 13.7. The van der Waals surface area contributed by atoms with E-state index >= 15 is 0 Å². The Morgan fingerprint density at radius 3 is 2.42 bits per heavy atom. The second-order valence-electron chi connectivity index (χ2n) is 9.52. The van der Waals surface area contributed by atoms with Gasteiger partial charge in [-0.2, -0.15) is 0 Å². The van der Waals surface area contributed by atoms with Crippen molar-refractivity contribution >= 4 is 16.6 Å². The molecule has 0 amide bonds. The van der Waals surface area contributed by atoms with E-state index in [1.165, 1.54) is 23.3 Å². The number of hydrogen-bond acceptors (Lipinski definition) is 5. The van der Waals surface area contributed by atoms with E-state index in [2.05, 4.69) is 40.7 Å². The third-order valence-electron chi connectivity index (χ3n) is 6.10. The maximum Gasteiger partial charge on any atom is 0.297 e. The van der Waals surface area contributed by atoms with Gasteiger partial charge in [-0.25, -0.2) is 0 Å². The highest BCUT2D eigenvalue weighted by molar-refractivity contribution is 5.89. The van der Waals surface area contributed by atoms with Crippen molar-refractivity contribution in [2.45, 2.75) is 92.5 Å². The van der Waals surface area contributed by atoms with Gasteiger partial charge in [-0.3, -0.25) is 14.9 Å². The highest BCUT2D eigenvalue weighted by atomic mass is 16.6. The van der Waals surface area contributed by atoms with Crippen LogP contribution in [0.1, 0.15) is 86.0 Å². The third-order valence-corrected chi connectivity index (χ3v) is 6.10. The fraction of sp³-hybridized carbons (Fsp3) is 0.552. The van der Waals surface area contributed by atoms with Gasteiger partial charge in [-0.1, -0.05) is 56.8 Å². The van der Waals surface area contributed by atoms with Gasteiger partial charge in [0.1, 0.15) is 6.61 Å². The molecule has 2 rings (SSSR count). The van der Waals surface area contributed by atoms with E-state index in [1.807, 2.05) is 6.08 Å². The van der Waals surface area contributed by atoms with Gasteiger partial charge in [0.15, 0.2) is 5.75 Å². The number of aromatic nitrogens is 1. The first-order valence-electron chi connectivity index (χ1n) is 13.2. The summed E-state index contributed by atoms with van der Waals surface area (Å²) in [6.45, 7) is 11.6. The molecule has 0 radical (unpaired) electrons. The average Bonchev–Trinajstić information content (AvgIpc) is 2.84. The van der Waals surface area contributed by atoms with Crippen LogP contribution in [-0.4, -0.2) is 22.7 Å². The Hall–Kier alpha value is -3.09. The van der Waals surface area contributed by atoms with E-state index in [1.54, 1.807) is 10.6 Å². The lowest BCUT2D eigenvalue weighted by atomic mass is 10.1. The number of hydrogen-bond donors (Lipinski definition) is 0. The Kier molecular flexibility index (Phi) is 12.2. The number of nitro benzene ring substituents is 1. The minimum Gasteiger partial charge on any atom is -0.489 e. The van der Waals surface area contributed by atoms with Crippen LogP contribution in [0.4, 0.5) is 5.69 Å². The van der Waals surface area contributed by atoms with E-state index in [0.29, 0.717) is 29.8 Å². The predicted molar refractivity (Wildman–Crippen MR) is 147 cm³/mol. The number of non-ortho nitro benzene ring substituents is 1. The lowest BCUT2D eigenvalue weighted by Crippen LogP contribution is -2.24. The molecule has 1 aromatic carbocycles. The summed E-state index contributed by atoms with van der Waals surface area (Å²) in [5, 5.41) is 12.1. The SMILES string of the molecule is CCCCCCn1c(=O)c(OCC=C(C)CCC=C(C)C)c(OCCCC)c2ccc([N+](=O)[O-])cc21. The van der Waals surface area contributed by atoms with E-state index < -0.39 is 4.92 Å². The Morgan fingerprint density at radius 2 is 1.75 bits per heavy atom. The molecule has 7 heteroatoms. The van der Waals surface area contributed by atoms with Crippen LogP contribution in [0.3, 0.4) is 0 Å². The zero-order valence-corrected chi connectivity index (χ0v) is 22.6. The maximum atomic E-state index is 13.7. The minimum atomic E-state index is -0.434. The normalized spacial score (nSPS) is 11.5. The molecule has 1 heterocycles. The second kappa shape index (κ2) is 15.1. The van der Waals surface area contributed by atoms with Gasteiger partial charge in [0.2, 0.25) is 5.75 Å². The van der Waals surface area contributed by atoms with Crippen molar-refractivity contribution in [2.75, 3.05) is 13.2 Å². The number of aryl methyl sites for hydroxylation is 1. The zero-order chi connectivity index (χ0) is 26.5. The summed E-state index contributed by atoms with van der Waals surface area (Å²) in [4.78, 5) is 24.7. The predicted octanol–water partition coefficient (Wildman–Crippen LogP) is 7.74. The molecule has 1 aromatic heterocycles. The van der Waals surface area contributed by atoms with Crippen molar-refractivity contribution in [1.82, 2.24) is 4.57 Å². The topological polar surface area (TPSA) is 83.6 Å². The number of unbranched alkanes of at least 4 members (excludes halogenated alkanes) is 4. The van der Waals surface area contributed by atoms with E-state index in [4.69, 9.17) is 9.47 Å². The number of pyridine rings is 1. The van der Waals surface area contributed by atoms with E-state index in [9.17, 15) is 14.9 Å². The molecule has 0 spiro atoms. The summed E-state index contributed by atoms with van der Waals surface area (Å²) in [5.41, 5.74) is 2.65. The molecule has 2 aromatic rings. The molecule has 0 aliphatic heterocycles. The van der Waals surface area contributed by atoms with Gasteiger partial charge >= 0.3 is 0 Å². The summed E-state index contributed by atoms with van der Waals surface area (Å²) < 4.78 is 13.8. The fourth-order valence-corrected chi connectivity index (χ4v) is 3.97. The van der Waals surface area contributed by atoms with Crippen LogP contribution in [0.15, 0.2) is 46.3 Å². The van der Waals surface area contributed by atoms with Crippen LogP contribution in [0.2, 0.25) is 0 Å². The first kappa shape index (κ1) is 29.1. The number of fused-ring (bicyclic) bond motifs is 1. The van der Waals surface area contributed by atoms with Crippen molar-refractivity contribution in [2.24, 2.45) is 0 Å². The van der Waals surface area contributed by atoms with Gasteiger partial charge in [0, 0.05) is 24.1 Å². The highest BCUT2D eigenvalue weighted by Crippen LogP contribution is 2.35. The Labute approximate surface area is 215 Å². The summed E-state index contributed by atoms with van der Waals surface area (Å²) in [6.07, 6.45) is 11.8. The van der Waals surface area contributed by atoms with Gasteiger partial charge in [-0.05, 0) is 58.6 Å². The van der Waals surface area contributed by atoms with Crippen LogP contribution in [0, 0.1) is 10.1 Å². The molecule has 36 heavy (non-hydrogen) atoms. The Morgan fingerprint density at radius 1 is 1.00 bits per heavy atom. The molecule has 0 bridgehead atoms. The van der Waals surface area contributed by atoms with Gasteiger partial charge in [0.05, 0.1) is 17.0 Å². The molecule has 0 atom stereocenters. The Bertz CT molecular complexity index is 1130. The Balaban J connectivity index is 2.50. The highest BCUT2D eigenvalue weighted by Gasteiger charge is 2.21. The molecule has 0 N–H and O–H groups in total. The summed E-state index contributed by atoms with van der Waals surface area (Å²) >= 11 is 0. The summed E-state index contributed by atoms with van der Waals surface area (Å²) in [5.74, 6) is 0.551. The van der Waals surface area contributed by atoms with Crippen molar-refractivity contribution < 1.29 is 14.4 Å². The number of benzene rings is 1. The molecule has 0 saturated carbocycles. The minimum absolute atomic E-state index is 0.0488. The van der Waals surface area contributed by atoms with E-state index in [-0.39, 0.29) is 23.6 Å². The van der Waals surface area contributed by atoms with Crippen LogP contribution in [-0.2, 0) is 6.54 Å². The molecule has 0 unspecified atom stereocenters. The van der Waals surface area contributed by atoms with Crippen molar-refractivity contribution in [3.05, 3.63) is 62.0 Å². The lowest BCUT2D eigenvalue weighted by molar-refractivity contribution is -0.384. The number of nitro groups is 1. The quantitative estimate of drug-likeness (QED) is 0.102. The van der Waals surface area contributed by atoms with Crippen LogP contribution in [0.25, 0.3) is 10.9 Å². The average molecular weight is 499 g/mol. The zero-order valence-electron chi connectivity index (χ0n) is 22.6. The van der Waals surface area contributed by atoms with Crippen molar-refractivity contribution in [3.63, 3.8) is 0 Å². The third kappa shape index (κ3) is 8.54. The summed E-state index contributed by atoms with van der Waals surface area (Å²) in [6, 6.07) is 4.60. The smallest absolute Gasteiger partial charge is 0.297 e.